The highest BCUT2D eigenvalue weighted by Crippen LogP contribution is 2.41. The minimum Gasteiger partial charge on any atom is -0.396 e. The number of rotatable bonds is 3. The number of hydrogen-bond acceptors (Lipinski definition) is 5. The van der Waals surface area contributed by atoms with Crippen molar-refractivity contribution in [3.8, 4) is 0 Å². The highest BCUT2D eigenvalue weighted by Gasteiger charge is 2.47. The molecule has 3 rings (SSSR count). The summed E-state index contributed by atoms with van der Waals surface area (Å²) in [6, 6.07) is 3.70. The molecule has 126 valence electrons. The molecule has 0 spiro atoms. The number of amides is 1. The van der Waals surface area contributed by atoms with Crippen LogP contribution in [0.2, 0.25) is 0 Å². The van der Waals surface area contributed by atoms with Gasteiger partial charge in [-0.3, -0.25) is 9.59 Å². The number of aliphatic hydroxyl groups is 1. The van der Waals surface area contributed by atoms with E-state index in [0.29, 0.717) is 22.8 Å². The van der Waals surface area contributed by atoms with Gasteiger partial charge in [0, 0.05) is 24.5 Å². The van der Waals surface area contributed by atoms with Gasteiger partial charge in [-0.05, 0) is 51.9 Å². The Balaban J connectivity index is 1.77. The second-order valence-corrected chi connectivity index (χ2v) is 7.93. The largest absolute Gasteiger partial charge is 0.396 e. The molecule has 1 aromatic rings. The number of carbonyl (C=O) groups is 2. The molecule has 0 bridgehead atoms. The van der Waals surface area contributed by atoms with E-state index in [2.05, 4.69) is 11.9 Å². The summed E-state index contributed by atoms with van der Waals surface area (Å²) in [6.45, 7) is 4.06. The summed E-state index contributed by atoms with van der Waals surface area (Å²) in [5.41, 5.74) is -0.0657. The number of thiophene rings is 1. The number of carbonyl (C=O) groups excluding carboxylic acids is 2. The topological polar surface area (TPSA) is 60.9 Å². The van der Waals surface area contributed by atoms with E-state index in [0.717, 1.165) is 25.8 Å². The number of hydrogen-bond donors (Lipinski definition) is 1. The number of ketones is 1. The Morgan fingerprint density at radius 3 is 2.70 bits per heavy atom. The highest BCUT2D eigenvalue weighted by molar-refractivity contribution is 7.15. The van der Waals surface area contributed by atoms with Crippen LogP contribution in [-0.4, -0.2) is 65.9 Å². The lowest BCUT2D eigenvalue weighted by Gasteiger charge is -2.53. The third-order valence-electron chi connectivity index (χ3n) is 5.46. The fourth-order valence-electron chi connectivity index (χ4n) is 4.00. The van der Waals surface area contributed by atoms with Crippen molar-refractivity contribution in [3.05, 3.63) is 21.9 Å². The lowest BCUT2D eigenvalue weighted by molar-refractivity contribution is -0.0600. The van der Waals surface area contributed by atoms with E-state index in [4.69, 9.17) is 0 Å². The van der Waals surface area contributed by atoms with E-state index in [1.165, 1.54) is 18.3 Å². The first-order valence-electron chi connectivity index (χ1n) is 8.18. The summed E-state index contributed by atoms with van der Waals surface area (Å²) in [4.78, 5) is 29.6. The van der Waals surface area contributed by atoms with Crippen LogP contribution in [0.5, 0.6) is 0 Å². The smallest absolute Gasteiger partial charge is 0.263 e. The minimum atomic E-state index is -0.0657. The van der Waals surface area contributed by atoms with Crippen molar-refractivity contribution in [3.63, 3.8) is 0 Å². The molecule has 2 aliphatic heterocycles. The maximum Gasteiger partial charge on any atom is 0.263 e. The van der Waals surface area contributed by atoms with Gasteiger partial charge in [0.1, 0.15) is 0 Å². The van der Waals surface area contributed by atoms with E-state index in [-0.39, 0.29) is 29.8 Å². The van der Waals surface area contributed by atoms with Gasteiger partial charge in [-0.1, -0.05) is 0 Å². The number of fused-ring (bicyclic) bond motifs is 1. The van der Waals surface area contributed by atoms with Crippen LogP contribution in [0.1, 0.15) is 45.5 Å². The lowest BCUT2D eigenvalue weighted by atomic mass is 9.69. The van der Waals surface area contributed by atoms with Crippen LogP contribution in [-0.2, 0) is 0 Å². The quantitative estimate of drug-likeness (QED) is 0.856. The van der Waals surface area contributed by atoms with Crippen LogP contribution in [0.25, 0.3) is 0 Å². The normalized spacial score (nSPS) is 28.5. The summed E-state index contributed by atoms with van der Waals surface area (Å²) in [7, 11) is 2.08. The SMILES string of the molecule is CC(=O)c1ccc(C(=O)N2CC[C@@]3(CO)CCCN(C)[C@@H]3C2)s1. The number of piperidine rings is 2. The average Bonchev–Trinajstić information content (AvgIpc) is 3.04. The summed E-state index contributed by atoms with van der Waals surface area (Å²) in [6.07, 6.45) is 2.98. The summed E-state index contributed by atoms with van der Waals surface area (Å²) in [5, 5.41) is 9.94. The molecule has 1 aromatic heterocycles. The van der Waals surface area contributed by atoms with Crippen molar-refractivity contribution in [2.75, 3.05) is 33.3 Å². The summed E-state index contributed by atoms with van der Waals surface area (Å²) >= 11 is 1.27. The van der Waals surface area contributed by atoms with Crippen LogP contribution in [0.15, 0.2) is 12.1 Å². The van der Waals surface area contributed by atoms with Gasteiger partial charge in [-0.15, -0.1) is 11.3 Å². The van der Waals surface area contributed by atoms with E-state index in [1.54, 1.807) is 12.1 Å². The predicted molar refractivity (Wildman–Crippen MR) is 90.0 cm³/mol. The zero-order valence-electron chi connectivity index (χ0n) is 13.7. The average molecular weight is 336 g/mol. The molecule has 1 N–H and O–H groups in total. The molecule has 6 heteroatoms. The molecule has 0 aromatic carbocycles. The predicted octanol–water partition coefficient (Wildman–Crippen LogP) is 1.87. The number of aliphatic hydroxyl groups excluding tert-OH is 1. The third-order valence-corrected chi connectivity index (χ3v) is 6.64. The van der Waals surface area contributed by atoms with Crippen molar-refractivity contribution in [1.82, 2.24) is 9.80 Å². The van der Waals surface area contributed by atoms with Crippen molar-refractivity contribution in [1.29, 1.82) is 0 Å². The fraction of sp³-hybridized carbons (Fsp3) is 0.647. The van der Waals surface area contributed by atoms with Crippen LogP contribution in [0, 0.1) is 5.41 Å². The second kappa shape index (κ2) is 6.34. The van der Waals surface area contributed by atoms with Gasteiger partial charge in [0.05, 0.1) is 16.4 Å². The Morgan fingerprint density at radius 2 is 2.04 bits per heavy atom. The monoisotopic (exact) mass is 336 g/mol. The molecule has 3 heterocycles. The molecule has 2 aliphatic rings. The Kier molecular flexibility index (Phi) is 4.58. The van der Waals surface area contributed by atoms with Crippen LogP contribution in [0.4, 0.5) is 0 Å². The number of nitrogens with zero attached hydrogens (tertiary/aromatic N) is 2. The van der Waals surface area contributed by atoms with Gasteiger partial charge in [0.25, 0.3) is 5.91 Å². The molecule has 23 heavy (non-hydrogen) atoms. The minimum absolute atomic E-state index is 0.000921. The molecule has 0 saturated carbocycles. The maximum atomic E-state index is 12.8. The first-order chi connectivity index (χ1) is 11.0. The van der Waals surface area contributed by atoms with Crippen LogP contribution in [0.3, 0.4) is 0 Å². The van der Waals surface area contributed by atoms with Gasteiger partial charge >= 0.3 is 0 Å². The summed E-state index contributed by atoms with van der Waals surface area (Å²) in [5.74, 6) is 0.00650. The fourth-order valence-corrected chi connectivity index (χ4v) is 4.87. The molecule has 0 radical (unpaired) electrons. The molecular formula is C17H24N2O3S. The van der Waals surface area contributed by atoms with Crippen molar-refractivity contribution < 1.29 is 14.7 Å². The van der Waals surface area contributed by atoms with E-state index in [1.807, 2.05) is 4.90 Å². The molecule has 2 fully saturated rings. The van der Waals surface area contributed by atoms with Crippen molar-refractivity contribution >= 4 is 23.0 Å². The lowest BCUT2D eigenvalue weighted by Crippen LogP contribution is -2.62. The number of likely N-dealkylation sites (N-methyl/N-ethyl adjacent to an activating group) is 1. The van der Waals surface area contributed by atoms with Crippen molar-refractivity contribution in [2.45, 2.75) is 32.2 Å². The molecule has 2 atom stereocenters. The molecule has 1 amide bonds. The second-order valence-electron chi connectivity index (χ2n) is 6.84. The standard InChI is InChI=1S/C17H24N2O3S/c1-12(21)13-4-5-14(23-13)16(22)19-9-7-17(11-20)6-3-8-18(2)15(17)10-19/h4-5,15,20H,3,6-11H2,1-2H3/t15-,17-/m1/s1. The molecule has 0 aliphatic carbocycles. The van der Waals surface area contributed by atoms with E-state index >= 15 is 0 Å². The number of likely N-dealkylation sites (tertiary alicyclic amines) is 2. The van der Waals surface area contributed by atoms with Gasteiger partial charge in [-0.25, -0.2) is 0 Å². The van der Waals surface area contributed by atoms with E-state index in [9.17, 15) is 14.7 Å². The Morgan fingerprint density at radius 1 is 1.30 bits per heavy atom. The zero-order valence-corrected chi connectivity index (χ0v) is 14.6. The van der Waals surface area contributed by atoms with Gasteiger partial charge in [0.2, 0.25) is 0 Å². The van der Waals surface area contributed by atoms with Gasteiger partial charge in [-0.2, -0.15) is 0 Å². The van der Waals surface area contributed by atoms with Gasteiger partial charge in [0.15, 0.2) is 5.78 Å². The van der Waals surface area contributed by atoms with Crippen LogP contribution >= 0.6 is 11.3 Å². The molecule has 2 saturated heterocycles. The Labute approximate surface area is 140 Å². The zero-order chi connectivity index (χ0) is 16.6. The van der Waals surface area contributed by atoms with Gasteiger partial charge < -0.3 is 14.9 Å². The molecular weight excluding hydrogens is 312 g/mol. The maximum absolute atomic E-state index is 12.8. The van der Waals surface area contributed by atoms with Crippen LogP contribution < -0.4 is 0 Å². The van der Waals surface area contributed by atoms with E-state index < -0.39 is 0 Å². The van der Waals surface area contributed by atoms with Crippen molar-refractivity contribution in [2.24, 2.45) is 5.41 Å². The third kappa shape index (κ3) is 2.95. The Bertz CT molecular complexity index is 615. The molecule has 5 nitrogen and oxygen atoms in total. The number of Topliss-reactive ketones (excluding diaryl/α,β-unsaturated/α-hetero) is 1. The Hall–Kier alpha value is -1.24. The first kappa shape index (κ1) is 16.6. The summed E-state index contributed by atoms with van der Waals surface area (Å²) < 4.78 is 0. The highest BCUT2D eigenvalue weighted by atomic mass is 32.1. The first-order valence-corrected chi connectivity index (χ1v) is 9.00. The molecule has 0 unspecified atom stereocenters.